The lowest BCUT2D eigenvalue weighted by molar-refractivity contribution is 0.0548. The number of likely N-dealkylation sites (tertiary alicyclic amines) is 1. The third-order valence-corrected chi connectivity index (χ3v) is 6.50. The van der Waals surface area contributed by atoms with Gasteiger partial charge in [-0.1, -0.05) is 19.3 Å². The summed E-state index contributed by atoms with van der Waals surface area (Å²) in [5.74, 6) is 0.146. The largest absolute Gasteiger partial charge is 0.339 e. The van der Waals surface area contributed by atoms with Gasteiger partial charge in [0.25, 0.3) is 17.7 Å². The van der Waals surface area contributed by atoms with E-state index in [2.05, 4.69) is 5.32 Å². The Morgan fingerprint density at radius 1 is 1.00 bits per heavy atom. The second-order valence-electron chi connectivity index (χ2n) is 8.33. The van der Waals surface area contributed by atoms with Crippen molar-refractivity contribution in [3.63, 3.8) is 0 Å². The van der Waals surface area contributed by atoms with Gasteiger partial charge in [0.1, 0.15) is 0 Å². The van der Waals surface area contributed by atoms with Crippen LogP contribution in [0.15, 0.2) is 18.2 Å². The van der Waals surface area contributed by atoms with Crippen molar-refractivity contribution >= 4 is 30.1 Å². The molecule has 3 amide bonds. The zero-order valence-corrected chi connectivity index (χ0v) is 17.8. The molecule has 158 valence electrons. The van der Waals surface area contributed by atoms with E-state index in [0.717, 1.165) is 58.2 Å². The van der Waals surface area contributed by atoms with Gasteiger partial charge in [-0.3, -0.25) is 19.3 Å². The highest BCUT2D eigenvalue weighted by atomic mass is 35.5. The van der Waals surface area contributed by atoms with Crippen molar-refractivity contribution in [2.75, 3.05) is 26.7 Å². The molecule has 1 aliphatic carbocycles. The van der Waals surface area contributed by atoms with E-state index < -0.39 is 0 Å². The first-order chi connectivity index (χ1) is 13.6. The molecule has 2 aliphatic heterocycles. The van der Waals surface area contributed by atoms with Gasteiger partial charge in [0.05, 0.1) is 11.1 Å². The molecule has 1 N–H and O–H groups in total. The molecule has 4 rings (SSSR count). The topological polar surface area (TPSA) is 69.7 Å². The van der Waals surface area contributed by atoms with Crippen molar-refractivity contribution in [1.29, 1.82) is 0 Å². The van der Waals surface area contributed by atoms with E-state index in [1.807, 2.05) is 11.9 Å². The van der Waals surface area contributed by atoms with E-state index in [9.17, 15) is 14.4 Å². The van der Waals surface area contributed by atoms with Crippen LogP contribution in [0.2, 0.25) is 0 Å². The Kier molecular flexibility index (Phi) is 6.96. The average Bonchev–Trinajstić information content (AvgIpc) is 2.99. The molecule has 1 saturated heterocycles. The summed E-state index contributed by atoms with van der Waals surface area (Å²) in [5.41, 5.74) is 1.35. The van der Waals surface area contributed by atoms with Gasteiger partial charge in [0.15, 0.2) is 0 Å². The molecule has 1 aromatic rings. The number of halogens is 1. The zero-order valence-electron chi connectivity index (χ0n) is 17.0. The summed E-state index contributed by atoms with van der Waals surface area (Å²) < 4.78 is 0. The van der Waals surface area contributed by atoms with Crippen molar-refractivity contribution in [3.8, 4) is 0 Å². The Morgan fingerprint density at radius 3 is 2.31 bits per heavy atom. The van der Waals surface area contributed by atoms with Crippen LogP contribution >= 0.6 is 12.4 Å². The van der Waals surface area contributed by atoms with Gasteiger partial charge < -0.3 is 10.2 Å². The van der Waals surface area contributed by atoms with Gasteiger partial charge in [-0.25, -0.2) is 0 Å². The fourth-order valence-electron chi connectivity index (χ4n) is 4.87. The summed E-state index contributed by atoms with van der Waals surface area (Å²) in [4.78, 5) is 42.0. The Morgan fingerprint density at radius 2 is 1.66 bits per heavy atom. The van der Waals surface area contributed by atoms with Gasteiger partial charge in [-0.05, 0) is 63.4 Å². The van der Waals surface area contributed by atoms with Gasteiger partial charge in [-0.2, -0.15) is 0 Å². The van der Waals surface area contributed by atoms with Crippen LogP contribution in [0.1, 0.15) is 76.0 Å². The predicted octanol–water partition coefficient (Wildman–Crippen LogP) is 3.11. The van der Waals surface area contributed by atoms with Crippen molar-refractivity contribution in [2.24, 2.45) is 5.92 Å². The number of nitrogens with zero attached hydrogens (tertiary/aromatic N) is 2. The Bertz CT molecular complexity index is 784. The van der Waals surface area contributed by atoms with Crippen LogP contribution in [0.5, 0.6) is 0 Å². The van der Waals surface area contributed by atoms with E-state index in [0.29, 0.717) is 22.6 Å². The van der Waals surface area contributed by atoms with E-state index in [4.69, 9.17) is 0 Å². The molecule has 1 aromatic carbocycles. The third-order valence-electron chi connectivity index (χ3n) is 6.50. The fourth-order valence-corrected chi connectivity index (χ4v) is 4.87. The second kappa shape index (κ2) is 9.26. The highest BCUT2D eigenvalue weighted by Gasteiger charge is 2.40. The lowest BCUT2D eigenvalue weighted by Crippen LogP contribution is -2.41. The molecular weight excluding hydrogens is 390 g/mol. The fraction of sp³-hybridized carbons (Fsp3) is 0.591. The molecule has 0 atom stereocenters. The monoisotopic (exact) mass is 419 g/mol. The number of piperidine rings is 1. The molecule has 7 heteroatoms. The maximum absolute atomic E-state index is 12.9. The van der Waals surface area contributed by atoms with Crippen molar-refractivity contribution < 1.29 is 14.4 Å². The quantitative estimate of drug-likeness (QED) is 0.761. The number of rotatable bonds is 4. The summed E-state index contributed by atoms with van der Waals surface area (Å²) >= 11 is 0. The number of carbonyl (C=O) groups excluding carboxylic acids is 3. The van der Waals surface area contributed by atoms with Crippen LogP contribution in [-0.4, -0.2) is 60.2 Å². The third kappa shape index (κ3) is 4.19. The maximum Gasteiger partial charge on any atom is 0.261 e. The van der Waals surface area contributed by atoms with Crippen LogP contribution in [0.4, 0.5) is 0 Å². The lowest BCUT2D eigenvalue weighted by atomic mass is 9.94. The van der Waals surface area contributed by atoms with Crippen molar-refractivity contribution in [3.05, 3.63) is 34.9 Å². The zero-order chi connectivity index (χ0) is 19.7. The Labute approximate surface area is 178 Å². The van der Waals surface area contributed by atoms with E-state index >= 15 is 0 Å². The minimum Gasteiger partial charge on any atom is -0.339 e. The van der Waals surface area contributed by atoms with E-state index in [1.165, 1.54) is 11.3 Å². The lowest BCUT2D eigenvalue weighted by Gasteiger charge is -2.32. The number of hydrogen-bond donors (Lipinski definition) is 1. The minimum absolute atomic E-state index is 0. The molecule has 6 nitrogen and oxygen atoms in total. The molecule has 1 saturated carbocycles. The molecule has 3 aliphatic rings. The summed E-state index contributed by atoms with van der Waals surface area (Å²) in [5, 5.41) is 3.20. The number of nitrogens with one attached hydrogen (secondary N) is 1. The van der Waals surface area contributed by atoms with Gasteiger partial charge in [0, 0.05) is 24.7 Å². The molecule has 0 aromatic heterocycles. The number of amides is 3. The molecule has 0 radical (unpaired) electrons. The first-order valence-electron chi connectivity index (χ1n) is 10.6. The second-order valence-corrected chi connectivity index (χ2v) is 8.33. The average molecular weight is 420 g/mol. The maximum atomic E-state index is 12.9. The molecule has 0 spiro atoms. The molecule has 0 unspecified atom stereocenters. The Balaban J connectivity index is 0.00000240. The number of benzene rings is 1. The first kappa shape index (κ1) is 21.8. The van der Waals surface area contributed by atoms with Crippen LogP contribution in [0, 0.1) is 5.92 Å². The van der Waals surface area contributed by atoms with Crippen LogP contribution in [0.3, 0.4) is 0 Å². The van der Waals surface area contributed by atoms with E-state index in [1.54, 1.807) is 18.2 Å². The summed E-state index contributed by atoms with van der Waals surface area (Å²) in [6.07, 6.45) is 7.05. The number of carbonyl (C=O) groups is 3. The van der Waals surface area contributed by atoms with Crippen molar-refractivity contribution in [2.45, 2.75) is 51.0 Å². The van der Waals surface area contributed by atoms with Gasteiger partial charge >= 0.3 is 0 Å². The molecule has 29 heavy (non-hydrogen) atoms. The van der Waals surface area contributed by atoms with E-state index in [-0.39, 0.29) is 36.2 Å². The first-order valence-corrected chi connectivity index (χ1v) is 10.6. The summed E-state index contributed by atoms with van der Waals surface area (Å²) in [7, 11) is 1.96. The summed E-state index contributed by atoms with van der Waals surface area (Å²) in [6.45, 7) is 2.46. The van der Waals surface area contributed by atoms with Crippen molar-refractivity contribution in [1.82, 2.24) is 15.1 Å². The van der Waals surface area contributed by atoms with Gasteiger partial charge in [-0.15, -0.1) is 12.4 Å². The molecule has 0 bridgehead atoms. The number of fused-ring (bicyclic) bond motifs is 1. The number of imide groups is 1. The SMILES string of the molecule is CNCC1CCN(C(=O)c2ccc3c(c2)C(=O)N(C2CCCCC2)C3=O)CC1.Cl. The predicted molar refractivity (Wildman–Crippen MR) is 114 cm³/mol. The van der Waals surface area contributed by atoms with Crippen LogP contribution in [-0.2, 0) is 0 Å². The highest BCUT2D eigenvalue weighted by Crippen LogP contribution is 2.32. The standard InChI is InChI=1S/C22H29N3O3.ClH/c1-23-14-15-9-11-24(12-10-15)20(26)16-7-8-18-19(13-16)22(28)25(21(18)27)17-5-3-2-4-6-17;/h7-8,13,15,17,23H,2-6,9-12,14H2,1H3;1H. The molecule has 2 fully saturated rings. The van der Waals surface area contributed by atoms with Crippen LogP contribution < -0.4 is 5.32 Å². The molecular formula is C22H30ClN3O3. The van der Waals surface area contributed by atoms with Crippen LogP contribution in [0.25, 0.3) is 0 Å². The van der Waals surface area contributed by atoms with Gasteiger partial charge in [0.2, 0.25) is 0 Å². The Hall–Kier alpha value is -1.92. The number of hydrogen-bond acceptors (Lipinski definition) is 4. The summed E-state index contributed by atoms with van der Waals surface area (Å²) in [6, 6.07) is 5.02. The smallest absolute Gasteiger partial charge is 0.261 e. The highest BCUT2D eigenvalue weighted by molar-refractivity contribution is 6.22. The molecule has 2 heterocycles. The minimum atomic E-state index is -0.228. The normalized spacial score (nSPS) is 20.6.